The topological polar surface area (TPSA) is 48.0 Å². The van der Waals surface area contributed by atoms with Gasteiger partial charge in [-0.3, -0.25) is 9.48 Å². The molecule has 0 radical (unpaired) electrons. The number of carbonyl (C=O) groups excluding carboxylic acids is 1. The van der Waals surface area contributed by atoms with E-state index < -0.39 is 0 Å². The molecule has 0 fully saturated rings. The van der Waals surface area contributed by atoms with E-state index in [4.69, 9.17) is 4.42 Å². The quantitative estimate of drug-likeness (QED) is 0.771. The van der Waals surface area contributed by atoms with Crippen LogP contribution in [0.4, 0.5) is 0 Å². The lowest BCUT2D eigenvalue weighted by atomic mass is 10.2. The van der Waals surface area contributed by atoms with Crippen molar-refractivity contribution in [3.8, 4) is 0 Å². The van der Waals surface area contributed by atoms with Crippen molar-refractivity contribution < 1.29 is 9.21 Å². The largest absolute Gasteiger partial charge is 0.446 e. The van der Waals surface area contributed by atoms with Gasteiger partial charge in [0.1, 0.15) is 5.69 Å². The van der Waals surface area contributed by atoms with E-state index in [9.17, 15) is 4.79 Å². The summed E-state index contributed by atoms with van der Waals surface area (Å²) < 4.78 is 7.21. The van der Waals surface area contributed by atoms with Crippen LogP contribution in [0.2, 0.25) is 0 Å². The normalized spacial score (nSPS) is 10.4. The second-order valence-corrected chi connectivity index (χ2v) is 3.55. The minimum atomic E-state index is -0.171. The predicted octanol–water partition coefficient (Wildman–Crippen LogP) is 2.01. The van der Waals surface area contributed by atoms with Gasteiger partial charge in [0.25, 0.3) is 0 Å². The molecule has 0 amide bonds. The van der Waals surface area contributed by atoms with Crippen molar-refractivity contribution in [3.63, 3.8) is 0 Å². The van der Waals surface area contributed by atoms with Crippen LogP contribution in [-0.2, 0) is 7.05 Å². The fourth-order valence-electron chi connectivity index (χ4n) is 1.16. The molecule has 0 saturated heterocycles. The van der Waals surface area contributed by atoms with Crippen molar-refractivity contribution in [2.24, 2.45) is 7.05 Å². The molecule has 0 aromatic carbocycles. The van der Waals surface area contributed by atoms with Gasteiger partial charge in [-0.1, -0.05) is 0 Å². The number of ketones is 1. The van der Waals surface area contributed by atoms with Gasteiger partial charge in [0, 0.05) is 13.2 Å². The van der Waals surface area contributed by atoms with Crippen LogP contribution in [0, 0.1) is 0 Å². The van der Waals surface area contributed by atoms with Crippen molar-refractivity contribution in [2.45, 2.75) is 0 Å². The van der Waals surface area contributed by atoms with Crippen LogP contribution in [0.15, 0.2) is 33.5 Å². The molecule has 0 bridgehead atoms. The van der Waals surface area contributed by atoms with Crippen molar-refractivity contribution in [1.29, 1.82) is 0 Å². The van der Waals surface area contributed by atoms with Crippen LogP contribution in [-0.4, -0.2) is 15.6 Å². The van der Waals surface area contributed by atoms with E-state index in [1.54, 1.807) is 31.4 Å². The van der Waals surface area contributed by atoms with Gasteiger partial charge in [0.05, 0.1) is 0 Å². The summed E-state index contributed by atoms with van der Waals surface area (Å²) in [5, 5.41) is 3.91. The van der Waals surface area contributed by atoms with Gasteiger partial charge >= 0.3 is 0 Å². The number of aryl methyl sites for hydroxylation is 1. The second-order valence-electron chi connectivity index (χ2n) is 2.77. The Morgan fingerprint density at radius 1 is 1.50 bits per heavy atom. The summed E-state index contributed by atoms with van der Waals surface area (Å²) in [6, 6.07) is 4.96. The zero-order valence-electron chi connectivity index (χ0n) is 7.40. The first-order chi connectivity index (χ1) is 6.68. The smallest absolute Gasteiger partial charge is 0.246 e. The van der Waals surface area contributed by atoms with Gasteiger partial charge < -0.3 is 4.42 Å². The number of hydrogen-bond acceptors (Lipinski definition) is 3. The van der Waals surface area contributed by atoms with Crippen LogP contribution < -0.4 is 0 Å². The van der Waals surface area contributed by atoms with E-state index in [1.165, 1.54) is 4.68 Å². The number of rotatable bonds is 2. The summed E-state index contributed by atoms with van der Waals surface area (Å²) in [6.45, 7) is 0. The van der Waals surface area contributed by atoms with Crippen molar-refractivity contribution >= 4 is 21.7 Å². The Kier molecular flexibility index (Phi) is 2.25. The molecule has 0 atom stereocenters. The Morgan fingerprint density at radius 3 is 2.79 bits per heavy atom. The summed E-state index contributed by atoms with van der Waals surface area (Å²) in [6.07, 6.45) is 1.57. The van der Waals surface area contributed by atoms with Crippen LogP contribution in [0.1, 0.15) is 16.2 Å². The van der Waals surface area contributed by atoms with Crippen molar-refractivity contribution in [2.75, 3.05) is 0 Å². The van der Waals surface area contributed by atoms with Crippen LogP contribution in [0.5, 0.6) is 0 Å². The molecule has 2 rings (SSSR count). The first kappa shape index (κ1) is 9.21. The number of nitrogens with zero attached hydrogens (tertiary/aromatic N) is 2. The molecule has 4 nitrogen and oxygen atoms in total. The Morgan fingerprint density at radius 2 is 2.29 bits per heavy atom. The molecule has 0 unspecified atom stereocenters. The van der Waals surface area contributed by atoms with Crippen molar-refractivity contribution in [3.05, 3.63) is 40.5 Å². The summed E-state index contributed by atoms with van der Waals surface area (Å²) >= 11 is 3.14. The summed E-state index contributed by atoms with van der Waals surface area (Å²) in [7, 11) is 1.71. The SMILES string of the molecule is Cn1nccc1C(=O)c1ccc(Br)o1. The van der Waals surface area contributed by atoms with E-state index in [2.05, 4.69) is 21.0 Å². The standard InChI is InChI=1S/C9H7BrN2O2/c1-12-6(4-5-11-12)9(13)7-2-3-8(10)14-7/h2-5H,1H3. The lowest BCUT2D eigenvalue weighted by molar-refractivity contribution is 0.0999. The lowest BCUT2D eigenvalue weighted by Gasteiger charge is -1.96. The third-order valence-corrected chi connectivity index (χ3v) is 2.28. The fourth-order valence-corrected chi connectivity index (χ4v) is 1.47. The molecular formula is C9H7BrN2O2. The minimum Gasteiger partial charge on any atom is -0.446 e. The Hall–Kier alpha value is -1.36. The second kappa shape index (κ2) is 3.42. The van der Waals surface area contributed by atoms with E-state index in [1.807, 2.05) is 0 Å². The number of furan rings is 1. The first-order valence-electron chi connectivity index (χ1n) is 3.96. The molecule has 2 heterocycles. The van der Waals surface area contributed by atoms with Gasteiger partial charge in [-0.2, -0.15) is 5.10 Å². The molecule has 14 heavy (non-hydrogen) atoms. The highest BCUT2D eigenvalue weighted by atomic mass is 79.9. The fraction of sp³-hybridized carbons (Fsp3) is 0.111. The molecular weight excluding hydrogens is 248 g/mol. The molecule has 2 aromatic rings. The maximum Gasteiger partial charge on any atom is 0.246 e. The third kappa shape index (κ3) is 1.50. The van der Waals surface area contributed by atoms with E-state index in [0.29, 0.717) is 16.1 Å². The molecule has 0 N–H and O–H groups in total. The first-order valence-corrected chi connectivity index (χ1v) is 4.76. The van der Waals surface area contributed by atoms with Gasteiger partial charge in [0.2, 0.25) is 5.78 Å². The van der Waals surface area contributed by atoms with Gasteiger partial charge in [-0.15, -0.1) is 0 Å². The van der Waals surface area contributed by atoms with Crippen LogP contribution in [0.3, 0.4) is 0 Å². The zero-order valence-corrected chi connectivity index (χ0v) is 8.98. The van der Waals surface area contributed by atoms with Crippen LogP contribution in [0.25, 0.3) is 0 Å². The lowest BCUT2D eigenvalue weighted by Crippen LogP contribution is -2.06. The van der Waals surface area contributed by atoms with Gasteiger partial charge in [0.15, 0.2) is 10.4 Å². The predicted molar refractivity (Wildman–Crippen MR) is 53.0 cm³/mol. The highest BCUT2D eigenvalue weighted by Crippen LogP contribution is 2.16. The summed E-state index contributed by atoms with van der Waals surface area (Å²) in [4.78, 5) is 11.8. The van der Waals surface area contributed by atoms with Gasteiger partial charge in [-0.25, -0.2) is 0 Å². The number of hydrogen-bond donors (Lipinski definition) is 0. The molecule has 0 aliphatic heterocycles. The monoisotopic (exact) mass is 254 g/mol. The summed E-state index contributed by atoms with van der Waals surface area (Å²) in [5.74, 6) is 0.135. The maximum atomic E-state index is 11.8. The Bertz CT molecular complexity index is 473. The number of halogens is 1. The van der Waals surface area contributed by atoms with Gasteiger partial charge in [-0.05, 0) is 34.1 Å². The Labute approximate surface area is 88.6 Å². The van der Waals surface area contributed by atoms with E-state index in [0.717, 1.165) is 0 Å². The summed E-state index contributed by atoms with van der Waals surface area (Å²) in [5.41, 5.74) is 0.506. The zero-order chi connectivity index (χ0) is 10.1. The minimum absolute atomic E-state index is 0.171. The van der Waals surface area contributed by atoms with Crippen LogP contribution >= 0.6 is 15.9 Å². The number of carbonyl (C=O) groups is 1. The molecule has 0 aliphatic carbocycles. The highest BCUT2D eigenvalue weighted by Gasteiger charge is 2.15. The Balaban J connectivity index is 2.38. The molecule has 0 spiro atoms. The average Bonchev–Trinajstić information content (AvgIpc) is 2.73. The highest BCUT2D eigenvalue weighted by molar-refractivity contribution is 9.10. The van der Waals surface area contributed by atoms with E-state index >= 15 is 0 Å². The molecule has 0 saturated carbocycles. The molecule has 0 aliphatic rings. The molecule has 72 valence electrons. The van der Waals surface area contributed by atoms with Crippen molar-refractivity contribution in [1.82, 2.24) is 9.78 Å². The maximum absolute atomic E-state index is 11.8. The third-order valence-electron chi connectivity index (χ3n) is 1.85. The molecule has 2 aromatic heterocycles. The number of aromatic nitrogens is 2. The molecule has 5 heteroatoms. The van der Waals surface area contributed by atoms with E-state index in [-0.39, 0.29) is 5.78 Å². The average molecular weight is 255 g/mol.